The van der Waals surface area contributed by atoms with Crippen LogP contribution >= 0.6 is 24.0 Å². The van der Waals surface area contributed by atoms with Gasteiger partial charge >= 0.3 is 0 Å². The average Bonchev–Trinajstić information content (AvgIpc) is 3.47. The quantitative estimate of drug-likeness (QED) is 0.275. The number of nitrogens with one attached hydrogen (secondary N) is 2. The summed E-state index contributed by atoms with van der Waals surface area (Å²) in [5.74, 6) is 2.61. The van der Waals surface area contributed by atoms with Crippen LogP contribution < -0.4 is 10.1 Å². The summed E-state index contributed by atoms with van der Waals surface area (Å²) in [6, 6.07) is 8.74. The van der Waals surface area contributed by atoms with E-state index in [1.165, 1.54) is 7.11 Å². The smallest absolute Gasteiger partial charge is 0.216 e. The molecule has 0 radical (unpaired) electrons. The lowest BCUT2D eigenvalue weighted by molar-refractivity contribution is 0.172. The van der Waals surface area contributed by atoms with Crippen LogP contribution in [0, 0.1) is 5.82 Å². The van der Waals surface area contributed by atoms with Crippen molar-refractivity contribution in [1.82, 2.24) is 30.3 Å². The molecule has 32 heavy (non-hydrogen) atoms. The Morgan fingerprint density at radius 2 is 2.09 bits per heavy atom. The number of hydrogen-bond donors (Lipinski definition) is 2. The number of hydrogen-bond acceptors (Lipinski definition) is 6. The van der Waals surface area contributed by atoms with Crippen molar-refractivity contribution in [3.05, 3.63) is 53.8 Å². The molecular formula is C21H27FIN7O2. The molecule has 0 spiro atoms. The third-order valence-electron chi connectivity index (χ3n) is 5.19. The van der Waals surface area contributed by atoms with E-state index in [-0.39, 0.29) is 35.5 Å². The first-order valence-corrected chi connectivity index (χ1v) is 10.1. The van der Waals surface area contributed by atoms with E-state index >= 15 is 0 Å². The number of aromatic amines is 1. The van der Waals surface area contributed by atoms with Crippen molar-refractivity contribution in [2.75, 3.05) is 40.3 Å². The molecular weight excluding hydrogens is 528 g/mol. The Balaban J connectivity index is 0.00000289. The number of aliphatic imine (C=N–C) groups is 1. The van der Waals surface area contributed by atoms with E-state index in [0.717, 1.165) is 37.7 Å². The monoisotopic (exact) mass is 555 g/mol. The molecule has 2 aromatic heterocycles. The molecule has 3 aromatic rings. The van der Waals surface area contributed by atoms with E-state index in [9.17, 15) is 4.39 Å². The first-order chi connectivity index (χ1) is 15.2. The molecule has 0 saturated carbocycles. The van der Waals surface area contributed by atoms with Crippen molar-refractivity contribution < 1.29 is 13.5 Å². The number of methoxy groups -OCH3 is 1. The first kappa shape index (κ1) is 24.0. The van der Waals surface area contributed by atoms with Gasteiger partial charge in [-0.1, -0.05) is 6.07 Å². The fraction of sp³-hybridized carbons (Fsp3) is 0.381. The lowest BCUT2D eigenvalue weighted by Gasteiger charge is -2.36. The number of piperazine rings is 1. The van der Waals surface area contributed by atoms with Gasteiger partial charge in [0.1, 0.15) is 5.82 Å². The number of H-pyrrole nitrogens is 1. The van der Waals surface area contributed by atoms with Gasteiger partial charge in [-0.15, -0.1) is 29.1 Å². The maximum Gasteiger partial charge on any atom is 0.216 e. The maximum absolute atomic E-state index is 13.9. The van der Waals surface area contributed by atoms with E-state index in [1.54, 1.807) is 31.5 Å². The Kier molecular flexibility index (Phi) is 8.45. The summed E-state index contributed by atoms with van der Waals surface area (Å²) in [7, 11) is 3.24. The van der Waals surface area contributed by atoms with E-state index in [0.29, 0.717) is 30.5 Å². The van der Waals surface area contributed by atoms with Gasteiger partial charge in [0.15, 0.2) is 23.3 Å². The molecule has 0 unspecified atom stereocenters. The van der Waals surface area contributed by atoms with Gasteiger partial charge in [-0.2, -0.15) is 0 Å². The summed E-state index contributed by atoms with van der Waals surface area (Å²) in [4.78, 5) is 13.3. The second-order valence-corrected chi connectivity index (χ2v) is 7.22. The summed E-state index contributed by atoms with van der Waals surface area (Å²) in [5.41, 5.74) is 0.937. The van der Waals surface area contributed by atoms with Gasteiger partial charge in [0, 0.05) is 39.8 Å². The van der Waals surface area contributed by atoms with E-state index < -0.39 is 0 Å². The predicted molar refractivity (Wildman–Crippen MR) is 130 cm³/mol. The zero-order valence-electron chi connectivity index (χ0n) is 18.0. The SMILES string of the molecule is CN=C(NCc1nc(-c2ccco2)n[nH]1)N1CCN(Cc2ccc(OC)c(F)c2)CC1.I. The highest BCUT2D eigenvalue weighted by Gasteiger charge is 2.20. The van der Waals surface area contributed by atoms with Crippen molar-refractivity contribution >= 4 is 29.9 Å². The summed E-state index contributed by atoms with van der Waals surface area (Å²) >= 11 is 0. The van der Waals surface area contributed by atoms with Crippen molar-refractivity contribution in [2.24, 2.45) is 4.99 Å². The van der Waals surface area contributed by atoms with E-state index in [2.05, 4.69) is 35.3 Å². The molecule has 9 nitrogen and oxygen atoms in total. The Bertz CT molecular complexity index is 1020. The second kappa shape index (κ2) is 11.3. The number of nitrogens with zero attached hydrogens (tertiary/aromatic N) is 5. The van der Waals surface area contributed by atoms with Gasteiger partial charge in [-0.3, -0.25) is 15.0 Å². The highest BCUT2D eigenvalue weighted by Crippen LogP contribution is 2.19. The van der Waals surface area contributed by atoms with Gasteiger partial charge in [-0.05, 0) is 29.8 Å². The van der Waals surface area contributed by atoms with Gasteiger partial charge in [0.2, 0.25) is 5.82 Å². The largest absolute Gasteiger partial charge is 0.494 e. The summed E-state index contributed by atoms with van der Waals surface area (Å²) in [5, 5.41) is 10.4. The lowest BCUT2D eigenvalue weighted by Crippen LogP contribution is -2.52. The Morgan fingerprint density at radius 3 is 2.75 bits per heavy atom. The fourth-order valence-corrected chi connectivity index (χ4v) is 3.57. The summed E-state index contributed by atoms with van der Waals surface area (Å²) < 4.78 is 24.2. The number of benzene rings is 1. The molecule has 1 aromatic carbocycles. The number of ether oxygens (including phenoxy) is 1. The average molecular weight is 555 g/mol. The summed E-state index contributed by atoms with van der Waals surface area (Å²) in [6.45, 7) is 4.55. The topological polar surface area (TPSA) is 94.8 Å². The summed E-state index contributed by atoms with van der Waals surface area (Å²) in [6.07, 6.45) is 1.59. The molecule has 1 aliphatic heterocycles. The van der Waals surface area contributed by atoms with Crippen LogP contribution in [-0.2, 0) is 13.1 Å². The molecule has 1 saturated heterocycles. The molecule has 11 heteroatoms. The van der Waals surface area contributed by atoms with Crippen LogP contribution in [0.2, 0.25) is 0 Å². The molecule has 0 aliphatic carbocycles. The minimum Gasteiger partial charge on any atom is -0.494 e. The van der Waals surface area contributed by atoms with Crippen LogP contribution in [0.15, 0.2) is 46.0 Å². The third kappa shape index (κ3) is 5.76. The zero-order valence-corrected chi connectivity index (χ0v) is 20.4. The molecule has 4 rings (SSSR count). The Hall–Kier alpha value is -2.67. The zero-order chi connectivity index (χ0) is 21.6. The highest BCUT2D eigenvalue weighted by molar-refractivity contribution is 14.0. The van der Waals surface area contributed by atoms with Crippen LogP contribution in [0.4, 0.5) is 4.39 Å². The molecule has 1 fully saturated rings. The minimum absolute atomic E-state index is 0. The van der Waals surface area contributed by atoms with Crippen molar-refractivity contribution in [2.45, 2.75) is 13.1 Å². The van der Waals surface area contributed by atoms with Crippen molar-refractivity contribution in [1.29, 1.82) is 0 Å². The van der Waals surface area contributed by atoms with Gasteiger partial charge in [0.25, 0.3) is 0 Å². The predicted octanol–water partition coefficient (Wildman–Crippen LogP) is 2.72. The number of aromatic nitrogens is 3. The van der Waals surface area contributed by atoms with Crippen LogP contribution in [0.5, 0.6) is 5.75 Å². The van der Waals surface area contributed by atoms with E-state index in [1.807, 2.05) is 12.1 Å². The van der Waals surface area contributed by atoms with Gasteiger partial charge in [-0.25, -0.2) is 9.37 Å². The number of guanidine groups is 1. The number of rotatable bonds is 6. The Morgan fingerprint density at radius 1 is 1.28 bits per heavy atom. The van der Waals surface area contributed by atoms with Crippen LogP contribution in [0.1, 0.15) is 11.4 Å². The van der Waals surface area contributed by atoms with E-state index in [4.69, 9.17) is 9.15 Å². The number of halogens is 2. The first-order valence-electron chi connectivity index (χ1n) is 10.1. The highest BCUT2D eigenvalue weighted by atomic mass is 127. The van der Waals surface area contributed by atoms with Crippen LogP contribution in [-0.4, -0.2) is 71.3 Å². The molecule has 0 atom stereocenters. The maximum atomic E-state index is 13.9. The third-order valence-corrected chi connectivity index (χ3v) is 5.19. The molecule has 0 bridgehead atoms. The molecule has 3 heterocycles. The normalized spacial score (nSPS) is 14.8. The number of furan rings is 1. The Labute approximate surface area is 203 Å². The molecule has 1 aliphatic rings. The molecule has 172 valence electrons. The fourth-order valence-electron chi connectivity index (χ4n) is 3.57. The molecule has 0 amide bonds. The van der Waals surface area contributed by atoms with Crippen LogP contribution in [0.3, 0.4) is 0 Å². The van der Waals surface area contributed by atoms with Crippen LogP contribution in [0.25, 0.3) is 11.6 Å². The lowest BCUT2D eigenvalue weighted by atomic mass is 10.2. The standard InChI is InChI=1S/C21H26FN7O2.HI/c1-23-21(24-13-19-25-20(27-26-19)18-4-3-11-31-18)29-9-7-28(8-10-29)14-15-5-6-17(30-2)16(22)12-15;/h3-6,11-12H,7-10,13-14H2,1-2H3,(H,23,24)(H,25,26,27);1H. The van der Waals surface area contributed by atoms with Crippen molar-refractivity contribution in [3.8, 4) is 17.3 Å². The van der Waals surface area contributed by atoms with Gasteiger partial charge < -0.3 is 19.4 Å². The second-order valence-electron chi connectivity index (χ2n) is 7.22. The van der Waals surface area contributed by atoms with Gasteiger partial charge in [0.05, 0.1) is 19.9 Å². The molecule has 2 N–H and O–H groups in total. The van der Waals surface area contributed by atoms with Crippen molar-refractivity contribution in [3.63, 3.8) is 0 Å². The minimum atomic E-state index is -0.328.